The zero-order valence-electron chi connectivity index (χ0n) is 14.8. The predicted molar refractivity (Wildman–Crippen MR) is 95.3 cm³/mol. The third kappa shape index (κ3) is 3.55. The topological polar surface area (TPSA) is 48.0 Å². The zero-order valence-corrected chi connectivity index (χ0v) is 14.8. The lowest BCUT2D eigenvalue weighted by Gasteiger charge is -2.29. The van der Waals surface area contributed by atoms with Crippen molar-refractivity contribution in [3.8, 4) is 17.2 Å². The van der Waals surface area contributed by atoms with E-state index >= 15 is 0 Å². The molecular weight excluding hydrogens is 318 g/mol. The first-order valence-corrected chi connectivity index (χ1v) is 8.31. The van der Waals surface area contributed by atoms with E-state index in [1.54, 1.807) is 19.1 Å². The average Bonchev–Trinajstić information content (AvgIpc) is 2.66. The number of nitrogens with zero attached hydrogens (tertiary/aromatic N) is 1. The Morgan fingerprint density at radius 3 is 2.76 bits per heavy atom. The van der Waals surface area contributed by atoms with E-state index in [1.165, 1.54) is 0 Å². The molecule has 0 N–H and O–H groups in total. The first-order valence-electron chi connectivity index (χ1n) is 8.31. The Hall–Kier alpha value is -2.69. The van der Waals surface area contributed by atoms with Gasteiger partial charge in [0.15, 0.2) is 0 Å². The maximum absolute atomic E-state index is 13.0. The second-order valence-corrected chi connectivity index (χ2v) is 6.10. The van der Waals surface area contributed by atoms with E-state index in [0.717, 1.165) is 28.4 Å². The van der Waals surface area contributed by atoms with Gasteiger partial charge in [0.1, 0.15) is 17.2 Å². The Morgan fingerprint density at radius 1 is 1.20 bits per heavy atom. The number of likely N-dealkylation sites (N-methyl/N-ethyl adjacent to an activating group) is 1. The number of hydrogen-bond donors (Lipinski definition) is 0. The molecule has 0 unspecified atom stereocenters. The van der Waals surface area contributed by atoms with Crippen LogP contribution in [0.15, 0.2) is 42.5 Å². The number of benzene rings is 2. The Morgan fingerprint density at radius 2 is 2.00 bits per heavy atom. The summed E-state index contributed by atoms with van der Waals surface area (Å²) < 4.78 is 16.4. The van der Waals surface area contributed by atoms with Crippen molar-refractivity contribution in [1.82, 2.24) is 4.90 Å². The Bertz CT molecular complexity index is 759. The van der Waals surface area contributed by atoms with Gasteiger partial charge >= 0.3 is 0 Å². The minimum Gasteiger partial charge on any atom is -0.497 e. The minimum atomic E-state index is -0.174. The summed E-state index contributed by atoms with van der Waals surface area (Å²) in [4.78, 5) is 14.8. The van der Waals surface area contributed by atoms with Crippen LogP contribution in [-0.4, -0.2) is 38.7 Å². The third-order valence-corrected chi connectivity index (χ3v) is 4.53. The predicted octanol–water partition coefficient (Wildman–Crippen LogP) is 3.23. The highest BCUT2D eigenvalue weighted by Gasteiger charge is 2.29. The molecule has 0 aromatic heterocycles. The van der Waals surface area contributed by atoms with Gasteiger partial charge in [0, 0.05) is 24.7 Å². The maximum atomic E-state index is 13.0. The summed E-state index contributed by atoms with van der Waals surface area (Å²) in [6.45, 7) is 1.02. The molecule has 1 atom stereocenters. The van der Waals surface area contributed by atoms with Crippen LogP contribution in [0.2, 0.25) is 0 Å². The van der Waals surface area contributed by atoms with Crippen LogP contribution >= 0.6 is 0 Å². The number of fused-ring (bicyclic) bond motifs is 1. The van der Waals surface area contributed by atoms with Crippen molar-refractivity contribution in [3.63, 3.8) is 0 Å². The Labute approximate surface area is 148 Å². The van der Waals surface area contributed by atoms with Crippen molar-refractivity contribution in [2.75, 3.05) is 27.9 Å². The van der Waals surface area contributed by atoms with Gasteiger partial charge in [-0.3, -0.25) is 4.79 Å². The van der Waals surface area contributed by atoms with Crippen LogP contribution in [0.5, 0.6) is 17.2 Å². The summed E-state index contributed by atoms with van der Waals surface area (Å²) in [7, 11) is 5.07. The summed E-state index contributed by atoms with van der Waals surface area (Å²) in [5, 5.41) is 0. The van der Waals surface area contributed by atoms with E-state index in [9.17, 15) is 4.79 Å². The van der Waals surface area contributed by atoms with Crippen LogP contribution in [-0.2, 0) is 11.3 Å². The van der Waals surface area contributed by atoms with Crippen LogP contribution < -0.4 is 14.2 Å². The lowest BCUT2D eigenvalue weighted by molar-refractivity contribution is -0.132. The van der Waals surface area contributed by atoms with Gasteiger partial charge in [0.2, 0.25) is 5.91 Å². The smallest absolute Gasteiger partial charge is 0.230 e. The normalized spacial score (nSPS) is 15.7. The fourth-order valence-electron chi connectivity index (χ4n) is 3.20. The number of carbonyl (C=O) groups is 1. The largest absolute Gasteiger partial charge is 0.497 e. The summed E-state index contributed by atoms with van der Waals surface area (Å²) in [5.74, 6) is 2.20. The first kappa shape index (κ1) is 17.1. The molecule has 25 heavy (non-hydrogen) atoms. The number of carbonyl (C=O) groups excluding carboxylic acids is 1. The quantitative estimate of drug-likeness (QED) is 0.838. The molecule has 1 amide bonds. The average molecular weight is 341 g/mol. The van der Waals surface area contributed by atoms with Crippen LogP contribution in [0.25, 0.3) is 0 Å². The van der Waals surface area contributed by atoms with Crippen molar-refractivity contribution in [2.45, 2.75) is 18.9 Å². The standard InChI is InChI=1S/C20H23NO4/c1-21(13-14-12-15(23-2)8-9-18(14)24-3)20(22)17-10-11-25-19-7-5-4-6-16(17)19/h4-9,12,17H,10-11,13H2,1-3H3/t17-/m0/s1. The van der Waals surface area contributed by atoms with Crippen LogP contribution in [0.4, 0.5) is 0 Å². The fraction of sp³-hybridized carbons (Fsp3) is 0.350. The molecule has 1 aliphatic heterocycles. The number of methoxy groups -OCH3 is 2. The maximum Gasteiger partial charge on any atom is 0.230 e. The molecule has 1 heterocycles. The number of para-hydroxylation sites is 1. The van der Waals surface area contributed by atoms with Gasteiger partial charge in [-0.2, -0.15) is 0 Å². The highest BCUT2D eigenvalue weighted by molar-refractivity contribution is 5.84. The molecule has 5 nitrogen and oxygen atoms in total. The van der Waals surface area contributed by atoms with Gasteiger partial charge in [-0.1, -0.05) is 18.2 Å². The van der Waals surface area contributed by atoms with Gasteiger partial charge < -0.3 is 19.1 Å². The van der Waals surface area contributed by atoms with E-state index in [4.69, 9.17) is 14.2 Å². The molecule has 0 aliphatic carbocycles. The summed E-state index contributed by atoms with van der Waals surface area (Å²) >= 11 is 0. The number of hydrogen-bond acceptors (Lipinski definition) is 4. The Kier molecular flexibility index (Phi) is 5.12. The van der Waals surface area contributed by atoms with Crippen molar-refractivity contribution < 1.29 is 19.0 Å². The van der Waals surface area contributed by atoms with Gasteiger partial charge in [-0.15, -0.1) is 0 Å². The van der Waals surface area contributed by atoms with E-state index in [0.29, 0.717) is 19.6 Å². The molecule has 2 aromatic rings. The van der Waals surface area contributed by atoms with Crippen molar-refractivity contribution in [2.24, 2.45) is 0 Å². The van der Waals surface area contributed by atoms with Crippen molar-refractivity contribution in [3.05, 3.63) is 53.6 Å². The van der Waals surface area contributed by atoms with Gasteiger partial charge in [0.25, 0.3) is 0 Å². The summed E-state index contributed by atoms with van der Waals surface area (Å²) in [5.41, 5.74) is 1.88. The second kappa shape index (κ2) is 7.47. The Balaban J connectivity index is 1.80. The number of ether oxygens (including phenoxy) is 3. The van der Waals surface area contributed by atoms with E-state index in [-0.39, 0.29) is 11.8 Å². The van der Waals surface area contributed by atoms with Gasteiger partial charge in [-0.25, -0.2) is 0 Å². The zero-order chi connectivity index (χ0) is 17.8. The van der Waals surface area contributed by atoms with Gasteiger partial charge in [-0.05, 0) is 30.7 Å². The number of amides is 1. The molecule has 0 spiro atoms. The molecular formula is C20H23NO4. The highest BCUT2D eigenvalue weighted by atomic mass is 16.5. The SMILES string of the molecule is COc1ccc(OC)c(CN(C)C(=O)[C@H]2CCOc3ccccc32)c1. The molecule has 0 saturated carbocycles. The molecule has 0 fully saturated rings. The molecule has 0 bridgehead atoms. The third-order valence-electron chi connectivity index (χ3n) is 4.53. The molecule has 2 aromatic carbocycles. The monoisotopic (exact) mass is 341 g/mol. The summed E-state index contributed by atoms with van der Waals surface area (Å²) in [6.07, 6.45) is 0.690. The lowest BCUT2D eigenvalue weighted by atomic mass is 9.92. The summed E-state index contributed by atoms with van der Waals surface area (Å²) in [6, 6.07) is 13.4. The van der Waals surface area contributed by atoms with E-state index < -0.39 is 0 Å². The van der Waals surface area contributed by atoms with E-state index in [1.807, 2.05) is 49.5 Å². The second-order valence-electron chi connectivity index (χ2n) is 6.10. The van der Waals surface area contributed by atoms with E-state index in [2.05, 4.69) is 0 Å². The van der Waals surface area contributed by atoms with Crippen LogP contribution in [0, 0.1) is 0 Å². The van der Waals surface area contributed by atoms with Crippen molar-refractivity contribution >= 4 is 5.91 Å². The van der Waals surface area contributed by atoms with Crippen LogP contribution in [0.3, 0.4) is 0 Å². The number of rotatable bonds is 5. The minimum absolute atomic E-state index is 0.0839. The lowest BCUT2D eigenvalue weighted by Crippen LogP contribution is -2.34. The molecule has 1 aliphatic rings. The fourth-order valence-corrected chi connectivity index (χ4v) is 3.20. The molecule has 3 rings (SSSR count). The van der Waals surface area contributed by atoms with Crippen molar-refractivity contribution in [1.29, 1.82) is 0 Å². The van der Waals surface area contributed by atoms with Crippen LogP contribution in [0.1, 0.15) is 23.5 Å². The molecule has 132 valence electrons. The molecule has 0 radical (unpaired) electrons. The highest BCUT2D eigenvalue weighted by Crippen LogP contribution is 2.35. The van der Waals surface area contributed by atoms with Gasteiger partial charge in [0.05, 0.1) is 26.7 Å². The first-order chi connectivity index (χ1) is 12.1. The molecule has 0 saturated heterocycles. The molecule has 5 heteroatoms.